The molecule has 2 aromatic heterocycles. The molecule has 0 aliphatic carbocycles. The maximum Gasteiger partial charge on any atom is 0.222 e. The second-order valence-electron chi connectivity index (χ2n) is 5.51. The molecule has 0 radical (unpaired) electrons. The van der Waals surface area contributed by atoms with E-state index in [4.69, 9.17) is 0 Å². The molecule has 0 saturated carbocycles. The number of fused-ring (bicyclic) bond motifs is 1. The largest absolute Gasteiger partial charge is 0.493 e. The molecule has 6 heteroatoms. The third-order valence-electron chi connectivity index (χ3n) is 3.88. The highest BCUT2D eigenvalue weighted by Gasteiger charge is 2.25. The molecule has 1 aliphatic heterocycles. The Morgan fingerprint density at radius 1 is 1.35 bits per heavy atom. The Kier molecular flexibility index (Phi) is 3.17. The van der Waals surface area contributed by atoms with Gasteiger partial charge in [0, 0.05) is 19.1 Å². The average molecular weight is 273 g/mol. The minimum atomic E-state index is 0.0273. The lowest BCUT2D eigenvalue weighted by atomic mass is 10.2. The van der Waals surface area contributed by atoms with Crippen LogP contribution in [0.3, 0.4) is 0 Å². The summed E-state index contributed by atoms with van der Waals surface area (Å²) in [6.07, 6.45) is 2.84. The van der Waals surface area contributed by atoms with Crippen molar-refractivity contribution in [1.82, 2.24) is 19.9 Å². The molecule has 3 rings (SSSR count). The van der Waals surface area contributed by atoms with Crippen LogP contribution in [0.2, 0.25) is 0 Å². The first-order valence-electron chi connectivity index (χ1n) is 6.79. The number of aromatic nitrogens is 3. The first-order valence-corrected chi connectivity index (χ1v) is 6.79. The van der Waals surface area contributed by atoms with Gasteiger partial charge in [0.25, 0.3) is 0 Å². The van der Waals surface area contributed by atoms with Crippen LogP contribution in [0.5, 0.6) is 5.88 Å². The molecule has 2 aromatic rings. The van der Waals surface area contributed by atoms with Gasteiger partial charge in [-0.1, -0.05) is 0 Å². The van der Waals surface area contributed by atoms with Gasteiger partial charge >= 0.3 is 0 Å². The second kappa shape index (κ2) is 4.86. The summed E-state index contributed by atoms with van der Waals surface area (Å²) in [5, 5.41) is 10.6. The number of nitrogens with zero attached hydrogens (tertiary/aromatic N) is 5. The fourth-order valence-electron chi connectivity index (χ4n) is 2.66. The first kappa shape index (κ1) is 13.1. The zero-order chi connectivity index (χ0) is 14.3. The number of anilines is 1. The van der Waals surface area contributed by atoms with Crippen molar-refractivity contribution in [3.63, 3.8) is 0 Å². The third-order valence-corrected chi connectivity index (χ3v) is 3.88. The second-order valence-corrected chi connectivity index (χ2v) is 5.51. The van der Waals surface area contributed by atoms with Crippen molar-refractivity contribution in [2.75, 3.05) is 32.1 Å². The van der Waals surface area contributed by atoms with Crippen LogP contribution < -0.4 is 4.90 Å². The quantitative estimate of drug-likeness (QED) is 0.886. The number of hydrogen-bond donors (Lipinski definition) is 1. The molecule has 1 atom stereocenters. The number of pyridine rings is 1. The Balaban J connectivity index is 1.94. The fourth-order valence-corrected chi connectivity index (χ4v) is 2.66. The van der Waals surface area contributed by atoms with Crippen LogP contribution in [-0.2, 0) is 0 Å². The molecule has 1 aliphatic rings. The topological polar surface area (TPSA) is 65.4 Å². The maximum absolute atomic E-state index is 9.95. The summed E-state index contributed by atoms with van der Waals surface area (Å²) < 4.78 is 0. The van der Waals surface area contributed by atoms with Gasteiger partial charge in [-0.25, -0.2) is 9.97 Å². The molecule has 6 nitrogen and oxygen atoms in total. The van der Waals surface area contributed by atoms with Crippen LogP contribution >= 0.6 is 0 Å². The van der Waals surface area contributed by atoms with E-state index < -0.39 is 0 Å². The van der Waals surface area contributed by atoms with Crippen molar-refractivity contribution in [2.45, 2.75) is 19.4 Å². The molecule has 106 valence electrons. The minimum Gasteiger partial charge on any atom is -0.493 e. The molecule has 0 amide bonds. The predicted molar refractivity (Wildman–Crippen MR) is 78.0 cm³/mol. The van der Waals surface area contributed by atoms with Gasteiger partial charge < -0.3 is 14.9 Å². The molecular weight excluding hydrogens is 254 g/mol. The minimum absolute atomic E-state index is 0.0273. The number of rotatable bonds is 2. The van der Waals surface area contributed by atoms with Crippen LogP contribution in [0.15, 0.2) is 12.3 Å². The van der Waals surface area contributed by atoms with E-state index in [1.807, 2.05) is 6.07 Å². The lowest BCUT2D eigenvalue weighted by Crippen LogP contribution is -2.31. The van der Waals surface area contributed by atoms with Crippen molar-refractivity contribution >= 4 is 16.7 Å². The SMILES string of the molecule is Cc1nc(O)c2cc(N3CC[C@@H](N(C)C)C3)ncc2n1. The van der Waals surface area contributed by atoms with Gasteiger partial charge in [-0.2, -0.15) is 4.98 Å². The molecule has 0 unspecified atom stereocenters. The first-order chi connectivity index (χ1) is 9.54. The molecule has 0 aromatic carbocycles. The van der Waals surface area contributed by atoms with Crippen molar-refractivity contribution in [1.29, 1.82) is 0 Å². The summed E-state index contributed by atoms with van der Waals surface area (Å²) >= 11 is 0. The highest BCUT2D eigenvalue weighted by atomic mass is 16.3. The van der Waals surface area contributed by atoms with Gasteiger partial charge in [-0.3, -0.25) is 0 Å². The number of likely N-dealkylation sites (N-methyl/N-ethyl adjacent to an activating group) is 1. The zero-order valence-corrected chi connectivity index (χ0v) is 12.0. The summed E-state index contributed by atoms with van der Waals surface area (Å²) in [7, 11) is 4.20. The van der Waals surface area contributed by atoms with Crippen LogP contribution in [0.4, 0.5) is 5.82 Å². The van der Waals surface area contributed by atoms with Crippen LogP contribution in [0.1, 0.15) is 12.2 Å². The van der Waals surface area contributed by atoms with Crippen LogP contribution in [0.25, 0.3) is 10.9 Å². The lowest BCUT2D eigenvalue weighted by molar-refractivity contribution is 0.315. The maximum atomic E-state index is 9.95. The summed E-state index contributed by atoms with van der Waals surface area (Å²) in [6.45, 7) is 3.70. The van der Waals surface area contributed by atoms with E-state index in [1.165, 1.54) is 0 Å². The average Bonchev–Trinajstić information content (AvgIpc) is 2.88. The molecule has 20 heavy (non-hydrogen) atoms. The number of aryl methyl sites for hydroxylation is 1. The third kappa shape index (κ3) is 2.27. The van der Waals surface area contributed by atoms with Gasteiger partial charge in [-0.05, 0) is 33.5 Å². The van der Waals surface area contributed by atoms with E-state index in [9.17, 15) is 5.11 Å². The predicted octanol–water partition coefficient (Wildman–Crippen LogP) is 1.18. The van der Waals surface area contributed by atoms with Gasteiger partial charge in [0.05, 0.1) is 17.1 Å². The molecule has 3 heterocycles. The van der Waals surface area contributed by atoms with E-state index in [1.54, 1.807) is 13.1 Å². The van der Waals surface area contributed by atoms with Crippen molar-refractivity contribution in [3.05, 3.63) is 18.1 Å². The summed E-state index contributed by atoms with van der Waals surface area (Å²) in [5.41, 5.74) is 0.683. The molecule has 1 fully saturated rings. The van der Waals surface area contributed by atoms with Gasteiger partial charge in [-0.15, -0.1) is 0 Å². The Labute approximate surface area is 118 Å². The Bertz CT molecular complexity index is 643. The smallest absolute Gasteiger partial charge is 0.222 e. The summed E-state index contributed by atoms with van der Waals surface area (Å²) in [5.74, 6) is 1.46. The monoisotopic (exact) mass is 273 g/mol. The highest BCUT2D eigenvalue weighted by Crippen LogP contribution is 2.27. The molecule has 1 saturated heterocycles. The molecule has 1 N–H and O–H groups in total. The van der Waals surface area contributed by atoms with Gasteiger partial charge in [0.1, 0.15) is 11.6 Å². The highest BCUT2D eigenvalue weighted by molar-refractivity contribution is 5.84. The zero-order valence-electron chi connectivity index (χ0n) is 12.0. The molecular formula is C14H19N5O. The van der Waals surface area contributed by atoms with Crippen molar-refractivity contribution in [2.24, 2.45) is 0 Å². The van der Waals surface area contributed by atoms with E-state index in [0.29, 0.717) is 22.8 Å². The lowest BCUT2D eigenvalue weighted by Gasteiger charge is -2.21. The Morgan fingerprint density at radius 2 is 2.15 bits per heavy atom. The van der Waals surface area contributed by atoms with E-state index in [2.05, 4.69) is 38.8 Å². The van der Waals surface area contributed by atoms with E-state index in [0.717, 1.165) is 25.3 Å². The molecule has 0 spiro atoms. The van der Waals surface area contributed by atoms with E-state index >= 15 is 0 Å². The van der Waals surface area contributed by atoms with E-state index in [-0.39, 0.29) is 5.88 Å². The van der Waals surface area contributed by atoms with Crippen LogP contribution in [-0.4, -0.2) is 58.2 Å². The van der Waals surface area contributed by atoms with Crippen molar-refractivity contribution in [3.8, 4) is 5.88 Å². The molecule has 0 bridgehead atoms. The normalized spacial score (nSPS) is 19.2. The summed E-state index contributed by atoms with van der Waals surface area (Å²) in [6, 6.07) is 2.43. The fraction of sp³-hybridized carbons (Fsp3) is 0.500. The van der Waals surface area contributed by atoms with Crippen molar-refractivity contribution < 1.29 is 5.11 Å². The standard InChI is InChI=1S/C14H19N5O/c1-9-16-12-7-15-13(6-11(12)14(20)17-9)19-5-4-10(8-19)18(2)3/h6-7,10H,4-5,8H2,1-3H3,(H,16,17,20)/t10-/m1/s1. The van der Waals surface area contributed by atoms with Gasteiger partial charge in [0.15, 0.2) is 0 Å². The van der Waals surface area contributed by atoms with Crippen LogP contribution in [0, 0.1) is 6.92 Å². The Hall–Kier alpha value is -1.95. The van der Waals surface area contributed by atoms with Gasteiger partial charge in [0.2, 0.25) is 5.88 Å². The number of hydrogen-bond acceptors (Lipinski definition) is 6. The number of aromatic hydroxyl groups is 1. The summed E-state index contributed by atoms with van der Waals surface area (Å²) in [4.78, 5) is 17.2. The Morgan fingerprint density at radius 3 is 2.85 bits per heavy atom.